The number of hydrogen-bond acceptors (Lipinski definition) is 6. The van der Waals surface area contributed by atoms with Gasteiger partial charge in [0.25, 0.3) is 5.22 Å². The summed E-state index contributed by atoms with van der Waals surface area (Å²) in [6.45, 7) is 0. The fraction of sp³-hybridized carbons (Fsp3) is 0.118. The molecule has 0 saturated heterocycles. The first-order valence-electron chi connectivity index (χ1n) is 7.31. The third kappa shape index (κ3) is 4.52. The van der Waals surface area contributed by atoms with E-state index >= 15 is 0 Å². The van der Waals surface area contributed by atoms with E-state index in [2.05, 4.69) is 15.5 Å². The first-order valence-corrected chi connectivity index (χ1v) is 8.67. The molecular formula is C17H14ClN3O3S. The van der Waals surface area contributed by atoms with Gasteiger partial charge in [-0.15, -0.1) is 10.2 Å². The van der Waals surface area contributed by atoms with Crippen LogP contribution in [0.3, 0.4) is 0 Å². The molecule has 0 aliphatic rings. The molecule has 1 aromatic heterocycles. The maximum Gasteiger partial charge on any atom is 0.277 e. The summed E-state index contributed by atoms with van der Waals surface area (Å²) in [6, 6.07) is 14.4. The van der Waals surface area contributed by atoms with Crippen molar-refractivity contribution in [3.05, 3.63) is 53.6 Å². The number of thioether (sulfide) groups is 1. The van der Waals surface area contributed by atoms with Crippen molar-refractivity contribution >= 4 is 35.0 Å². The van der Waals surface area contributed by atoms with E-state index < -0.39 is 0 Å². The number of aromatic nitrogens is 2. The van der Waals surface area contributed by atoms with Gasteiger partial charge in [0.1, 0.15) is 5.75 Å². The zero-order valence-corrected chi connectivity index (χ0v) is 14.8. The Morgan fingerprint density at radius 3 is 2.80 bits per heavy atom. The van der Waals surface area contributed by atoms with Crippen LogP contribution in [0, 0.1) is 0 Å². The van der Waals surface area contributed by atoms with Crippen molar-refractivity contribution in [1.29, 1.82) is 0 Å². The van der Waals surface area contributed by atoms with Gasteiger partial charge in [-0.25, -0.2) is 0 Å². The van der Waals surface area contributed by atoms with E-state index in [-0.39, 0.29) is 11.7 Å². The number of amides is 1. The highest BCUT2D eigenvalue weighted by Gasteiger charge is 2.13. The summed E-state index contributed by atoms with van der Waals surface area (Å²) >= 11 is 7.10. The fourth-order valence-corrected chi connectivity index (χ4v) is 2.79. The molecule has 0 atom stereocenters. The van der Waals surface area contributed by atoms with E-state index in [4.69, 9.17) is 20.8 Å². The van der Waals surface area contributed by atoms with Crippen molar-refractivity contribution < 1.29 is 13.9 Å². The molecule has 0 aliphatic carbocycles. The second-order valence-corrected chi connectivity index (χ2v) is 6.28. The lowest BCUT2D eigenvalue weighted by molar-refractivity contribution is -0.113. The van der Waals surface area contributed by atoms with Crippen molar-refractivity contribution in [2.75, 3.05) is 18.2 Å². The molecule has 0 fully saturated rings. The van der Waals surface area contributed by atoms with E-state index in [1.165, 1.54) is 7.11 Å². The van der Waals surface area contributed by atoms with E-state index in [0.29, 0.717) is 27.6 Å². The van der Waals surface area contributed by atoms with E-state index in [1.54, 1.807) is 18.2 Å². The zero-order valence-electron chi connectivity index (χ0n) is 13.2. The minimum absolute atomic E-state index is 0.117. The maximum atomic E-state index is 12.1. The van der Waals surface area contributed by atoms with Crippen LogP contribution < -0.4 is 10.1 Å². The Labute approximate surface area is 153 Å². The van der Waals surface area contributed by atoms with Crippen LogP contribution in [-0.2, 0) is 4.79 Å². The topological polar surface area (TPSA) is 77.2 Å². The van der Waals surface area contributed by atoms with Crippen molar-refractivity contribution in [3.63, 3.8) is 0 Å². The standard InChI is InChI=1S/C17H14ClN3O3S/c1-23-14-8-7-12(18)9-13(14)19-15(22)10-25-17-21-20-16(24-17)11-5-3-2-4-6-11/h2-9H,10H2,1H3,(H,19,22). The number of anilines is 1. The van der Waals surface area contributed by atoms with Gasteiger partial charge in [-0.1, -0.05) is 41.6 Å². The number of methoxy groups -OCH3 is 1. The van der Waals surface area contributed by atoms with Gasteiger partial charge < -0.3 is 14.5 Å². The smallest absolute Gasteiger partial charge is 0.277 e. The monoisotopic (exact) mass is 375 g/mol. The average molecular weight is 376 g/mol. The Morgan fingerprint density at radius 1 is 1.24 bits per heavy atom. The average Bonchev–Trinajstić information content (AvgIpc) is 3.10. The Kier molecular flexibility index (Phi) is 5.57. The third-order valence-electron chi connectivity index (χ3n) is 3.19. The molecule has 0 unspecified atom stereocenters. The lowest BCUT2D eigenvalue weighted by atomic mass is 10.2. The van der Waals surface area contributed by atoms with Gasteiger partial charge in [0.15, 0.2) is 0 Å². The molecule has 0 spiro atoms. The summed E-state index contributed by atoms with van der Waals surface area (Å²) in [6.07, 6.45) is 0. The molecule has 128 valence electrons. The van der Waals surface area contributed by atoms with Crippen LogP contribution in [0.1, 0.15) is 0 Å². The van der Waals surface area contributed by atoms with E-state index in [9.17, 15) is 4.79 Å². The number of rotatable bonds is 6. The quantitative estimate of drug-likeness (QED) is 0.653. The zero-order chi connectivity index (χ0) is 17.6. The predicted octanol–water partition coefficient (Wildman–Crippen LogP) is 4.13. The van der Waals surface area contributed by atoms with Crippen LogP contribution in [0.15, 0.2) is 58.2 Å². The Balaban J connectivity index is 1.60. The van der Waals surface area contributed by atoms with E-state index in [0.717, 1.165) is 17.3 Å². The van der Waals surface area contributed by atoms with Crippen LogP contribution in [0.5, 0.6) is 5.75 Å². The molecule has 2 aromatic carbocycles. The van der Waals surface area contributed by atoms with Crippen molar-refractivity contribution in [1.82, 2.24) is 10.2 Å². The molecule has 0 aliphatic heterocycles. The van der Waals surface area contributed by atoms with Gasteiger partial charge >= 0.3 is 0 Å². The Bertz CT molecular complexity index is 871. The first kappa shape index (κ1) is 17.3. The number of benzene rings is 2. The molecule has 25 heavy (non-hydrogen) atoms. The Hall–Kier alpha value is -2.51. The van der Waals surface area contributed by atoms with Gasteiger partial charge in [0.2, 0.25) is 11.8 Å². The minimum Gasteiger partial charge on any atom is -0.495 e. The summed E-state index contributed by atoms with van der Waals surface area (Å²) in [5.74, 6) is 0.837. The number of nitrogens with one attached hydrogen (secondary N) is 1. The largest absolute Gasteiger partial charge is 0.495 e. The molecule has 3 aromatic rings. The molecule has 1 amide bonds. The highest BCUT2D eigenvalue weighted by atomic mass is 35.5. The van der Waals surface area contributed by atoms with E-state index in [1.807, 2.05) is 30.3 Å². The fourth-order valence-electron chi connectivity index (χ4n) is 2.06. The van der Waals surface area contributed by atoms with Crippen molar-refractivity contribution in [2.45, 2.75) is 5.22 Å². The molecule has 0 bridgehead atoms. The number of nitrogens with zero attached hydrogens (tertiary/aromatic N) is 2. The molecule has 0 radical (unpaired) electrons. The SMILES string of the molecule is COc1ccc(Cl)cc1NC(=O)CSc1nnc(-c2ccccc2)o1. The second kappa shape index (κ2) is 8.04. The van der Waals surface area contributed by atoms with Gasteiger partial charge in [-0.3, -0.25) is 4.79 Å². The molecular weight excluding hydrogens is 362 g/mol. The van der Waals surface area contributed by atoms with Gasteiger partial charge in [-0.05, 0) is 30.3 Å². The summed E-state index contributed by atoms with van der Waals surface area (Å²) < 4.78 is 10.7. The van der Waals surface area contributed by atoms with Crippen LogP contribution >= 0.6 is 23.4 Å². The van der Waals surface area contributed by atoms with Crippen LogP contribution in [0.25, 0.3) is 11.5 Å². The maximum absolute atomic E-state index is 12.1. The van der Waals surface area contributed by atoms with Crippen LogP contribution in [0.2, 0.25) is 5.02 Å². The lowest BCUT2D eigenvalue weighted by Crippen LogP contribution is -2.14. The summed E-state index contributed by atoms with van der Waals surface area (Å²) in [4.78, 5) is 12.1. The summed E-state index contributed by atoms with van der Waals surface area (Å²) in [7, 11) is 1.52. The second-order valence-electron chi connectivity index (χ2n) is 4.92. The Morgan fingerprint density at radius 2 is 2.04 bits per heavy atom. The molecule has 1 heterocycles. The molecule has 8 heteroatoms. The molecule has 1 N–H and O–H groups in total. The van der Waals surface area contributed by atoms with Gasteiger partial charge in [0, 0.05) is 10.6 Å². The highest BCUT2D eigenvalue weighted by Crippen LogP contribution is 2.28. The number of carbonyl (C=O) groups is 1. The molecule has 6 nitrogen and oxygen atoms in total. The van der Waals surface area contributed by atoms with Crippen molar-refractivity contribution in [3.8, 4) is 17.2 Å². The molecule has 3 rings (SSSR count). The van der Waals surface area contributed by atoms with Gasteiger partial charge in [-0.2, -0.15) is 0 Å². The van der Waals surface area contributed by atoms with Crippen LogP contribution in [0.4, 0.5) is 5.69 Å². The minimum atomic E-state index is -0.231. The van der Waals surface area contributed by atoms with Crippen LogP contribution in [-0.4, -0.2) is 29.0 Å². The normalized spacial score (nSPS) is 10.5. The predicted molar refractivity (Wildman–Crippen MR) is 97.1 cm³/mol. The lowest BCUT2D eigenvalue weighted by Gasteiger charge is -2.09. The number of ether oxygens (including phenoxy) is 1. The van der Waals surface area contributed by atoms with Crippen molar-refractivity contribution in [2.24, 2.45) is 0 Å². The molecule has 0 saturated carbocycles. The summed E-state index contributed by atoms with van der Waals surface area (Å²) in [5, 5.41) is 11.5. The number of hydrogen-bond donors (Lipinski definition) is 1. The number of halogens is 1. The first-order chi connectivity index (χ1) is 12.2. The third-order valence-corrected chi connectivity index (χ3v) is 4.24. The highest BCUT2D eigenvalue weighted by molar-refractivity contribution is 7.99. The summed E-state index contributed by atoms with van der Waals surface area (Å²) in [5.41, 5.74) is 1.34. The van der Waals surface area contributed by atoms with Gasteiger partial charge in [0.05, 0.1) is 18.6 Å². The number of carbonyl (C=O) groups excluding carboxylic acids is 1.